The third-order valence-electron chi connectivity index (χ3n) is 11.5. The molecule has 2 bridgehead atoms. The fourth-order valence-corrected chi connectivity index (χ4v) is 8.47. The van der Waals surface area contributed by atoms with E-state index in [4.69, 9.17) is 20.0 Å². The fraction of sp³-hybridized carbons (Fsp3) is 0.595. The summed E-state index contributed by atoms with van der Waals surface area (Å²) in [6.45, 7) is 9.02. The van der Waals surface area contributed by atoms with Crippen molar-refractivity contribution in [1.29, 1.82) is 0 Å². The van der Waals surface area contributed by atoms with Crippen LogP contribution in [0, 0.1) is 29.1 Å². The molecule has 4 aliphatic rings. The predicted molar refractivity (Wildman–Crippen MR) is 189 cm³/mol. The van der Waals surface area contributed by atoms with Gasteiger partial charge in [-0.2, -0.15) is 5.06 Å². The number of carbonyl (C=O) groups excluding carboxylic acids is 3. The average Bonchev–Trinajstić information content (AvgIpc) is 3.46. The quantitative estimate of drug-likeness (QED) is 0.279. The van der Waals surface area contributed by atoms with E-state index in [0.29, 0.717) is 29.1 Å². The van der Waals surface area contributed by atoms with Gasteiger partial charge in [0.1, 0.15) is 17.9 Å². The highest BCUT2D eigenvalue weighted by molar-refractivity contribution is 5.97. The summed E-state index contributed by atoms with van der Waals surface area (Å²) in [5.74, 6) is 1.14. The normalized spacial score (nSPS) is 27.8. The highest BCUT2D eigenvalue weighted by atomic mass is 16.7. The van der Waals surface area contributed by atoms with Crippen molar-refractivity contribution in [1.82, 2.24) is 21.0 Å². The van der Waals surface area contributed by atoms with Crippen molar-refractivity contribution < 1.29 is 28.7 Å². The Labute approximate surface area is 290 Å². The molecule has 0 unspecified atom stereocenters. The molecule has 2 aromatic carbocycles. The van der Waals surface area contributed by atoms with Gasteiger partial charge in [0, 0.05) is 63.2 Å². The SMILES string of the molecule is CNC(=O)O[C@@H](C)[C@@H]1[C@H](CN)ON(Cc2cccc(-c3cc(C(=O)NC)cc(N(C)C)c3)c2OC)[C@@H]1C(=O)N[C@H]1C[C@H]2C[C@@H]([C@@H]1C)C2(C)C. The molecule has 0 aromatic heterocycles. The molecule has 1 saturated heterocycles. The number of fused-ring (bicyclic) bond motifs is 2. The van der Waals surface area contributed by atoms with Crippen LogP contribution in [0.3, 0.4) is 0 Å². The van der Waals surface area contributed by atoms with Crippen LogP contribution in [-0.2, 0) is 20.9 Å². The van der Waals surface area contributed by atoms with Crippen LogP contribution >= 0.6 is 0 Å². The molecule has 0 spiro atoms. The Balaban J connectivity index is 1.50. The van der Waals surface area contributed by atoms with E-state index in [1.807, 2.05) is 55.4 Å². The number of ether oxygens (including phenoxy) is 2. The van der Waals surface area contributed by atoms with Crippen molar-refractivity contribution in [2.75, 3.05) is 46.7 Å². The number of hydrogen-bond donors (Lipinski definition) is 4. The number of methoxy groups -OCH3 is 1. The molecule has 0 radical (unpaired) electrons. The van der Waals surface area contributed by atoms with Gasteiger partial charge in [-0.3, -0.25) is 14.4 Å². The Hall–Kier alpha value is -3.87. The number of hydroxylamine groups is 2. The van der Waals surface area contributed by atoms with Crippen LogP contribution in [0.15, 0.2) is 36.4 Å². The zero-order valence-corrected chi connectivity index (χ0v) is 30.3. The Morgan fingerprint density at radius 2 is 1.86 bits per heavy atom. The summed E-state index contributed by atoms with van der Waals surface area (Å²) in [6.07, 6.45) is 0.295. The molecule has 49 heavy (non-hydrogen) atoms. The van der Waals surface area contributed by atoms with E-state index >= 15 is 0 Å². The van der Waals surface area contributed by atoms with Crippen molar-refractivity contribution in [3.8, 4) is 16.9 Å². The molecule has 2 aromatic rings. The van der Waals surface area contributed by atoms with Gasteiger partial charge in [-0.1, -0.05) is 39.0 Å². The summed E-state index contributed by atoms with van der Waals surface area (Å²) in [5, 5.41) is 10.3. The van der Waals surface area contributed by atoms with Crippen molar-refractivity contribution in [2.45, 2.75) is 71.4 Å². The summed E-state index contributed by atoms with van der Waals surface area (Å²) < 4.78 is 11.7. The van der Waals surface area contributed by atoms with E-state index in [9.17, 15) is 14.4 Å². The van der Waals surface area contributed by atoms with Crippen molar-refractivity contribution in [2.24, 2.45) is 34.8 Å². The van der Waals surface area contributed by atoms with Crippen LogP contribution in [0.25, 0.3) is 11.1 Å². The molecule has 6 rings (SSSR count). The van der Waals surface area contributed by atoms with Crippen LogP contribution in [0.5, 0.6) is 5.75 Å². The molecule has 268 valence electrons. The van der Waals surface area contributed by atoms with Crippen LogP contribution < -0.4 is 31.3 Å². The van der Waals surface area contributed by atoms with Gasteiger partial charge in [-0.05, 0) is 66.7 Å². The highest BCUT2D eigenvalue weighted by Crippen LogP contribution is 2.61. The summed E-state index contributed by atoms with van der Waals surface area (Å²) in [5.41, 5.74) is 10.3. The lowest BCUT2D eigenvalue weighted by molar-refractivity contribution is -0.175. The summed E-state index contributed by atoms with van der Waals surface area (Å²) in [7, 11) is 8.56. The van der Waals surface area contributed by atoms with E-state index in [1.165, 1.54) is 13.5 Å². The van der Waals surface area contributed by atoms with Gasteiger partial charge in [0.05, 0.1) is 25.7 Å². The summed E-state index contributed by atoms with van der Waals surface area (Å²) >= 11 is 0. The largest absolute Gasteiger partial charge is 0.496 e. The average molecular weight is 679 g/mol. The van der Waals surface area contributed by atoms with Crippen LogP contribution in [0.1, 0.15) is 56.5 Å². The number of hydrogen-bond acceptors (Lipinski definition) is 9. The van der Waals surface area contributed by atoms with Gasteiger partial charge in [-0.15, -0.1) is 0 Å². The Kier molecular flexibility index (Phi) is 10.8. The smallest absolute Gasteiger partial charge is 0.407 e. The first-order chi connectivity index (χ1) is 23.2. The van der Waals surface area contributed by atoms with Crippen molar-refractivity contribution in [3.63, 3.8) is 0 Å². The van der Waals surface area contributed by atoms with Gasteiger partial charge in [0.2, 0.25) is 5.91 Å². The van der Waals surface area contributed by atoms with E-state index in [1.54, 1.807) is 26.1 Å². The maximum atomic E-state index is 14.4. The number of para-hydroxylation sites is 1. The number of benzene rings is 2. The lowest BCUT2D eigenvalue weighted by atomic mass is 9.45. The maximum Gasteiger partial charge on any atom is 0.407 e. The molecule has 12 heteroatoms. The first kappa shape index (κ1) is 36.4. The molecule has 3 amide bonds. The number of anilines is 1. The van der Waals surface area contributed by atoms with Crippen LogP contribution in [0.2, 0.25) is 0 Å². The Bertz CT molecular complexity index is 1550. The first-order valence-corrected chi connectivity index (χ1v) is 17.3. The molecular formula is C37H54N6O6. The fourth-order valence-electron chi connectivity index (χ4n) is 8.47. The van der Waals surface area contributed by atoms with E-state index in [0.717, 1.165) is 28.8 Å². The number of carbonyl (C=O) groups is 3. The Morgan fingerprint density at radius 1 is 1.12 bits per heavy atom. The molecule has 12 nitrogen and oxygen atoms in total. The minimum Gasteiger partial charge on any atom is -0.496 e. The molecule has 8 atom stereocenters. The minimum atomic E-state index is -0.794. The van der Waals surface area contributed by atoms with Gasteiger partial charge < -0.3 is 36.1 Å². The number of amides is 3. The van der Waals surface area contributed by atoms with Gasteiger partial charge in [-0.25, -0.2) is 4.79 Å². The topological polar surface area (TPSA) is 147 Å². The van der Waals surface area contributed by atoms with E-state index in [2.05, 4.69) is 36.7 Å². The van der Waals surface area contributed by atoms with Crippen molar-refractivity contribution >= 4 is 23.6 Å². The molecule has 5 N–H and O–H groups in total. The van der Waals surface area contributed by atoms with Crippen molar-refractivity contribution in [3.05, 3.63) is 47.5 Å². The number of rotatable bonds is 11. The highest BCUT2D eigenvalue weighted by Gasteiger charge is 2.57. The number of nitrogens with two attached hydrogens (primary N) is 1. The summed E-state index contributed by atoms with van der Waals surface area (Å²) in [6, 6.07) is 10.7. The maximum absolute atomic E-state index is 14.4. The first-order valence-electron chi connectivity index (χ1n) is 17.3. The zero-order chi connectivity index (χ0) is 35.8. The molecule has 3 aliphatic carbocycles. The zero-order valence-electron chi connectivity index (χ0n) is 30.3. The lowest BCUT2D eigenvalue weighted by Gasteiger charge is -2.62. The van der Waals surface area contributed by atoms with Gasteiger partial charge in [0.15, 0.2) is 0 Å². The minimum absolute atomic E-state index is 0.0372. The molecule has 1 aliphatic heterocycles. The van der Waals surface area contributed by atoms with Crippen LogP contribution in [-0.4, -0.2) is 89.1 Å². The second kappa shape index (κ2) is 14.5. The number of alkyl carbamates (subject to hydrolysis) is 1. The second-order valence-corrected chi connectivity index (χ2v) is 14.6. The molecule has 3 saturated carbocycles. The second-order valence-electron chi connectivity index (χ2n) is 14.6. The number of nitrogens with zero attached hydrogens (tertiary/aromatic N) is 2. The summed E-state index contributed by atoms with van der Waals surface area (Å²) in [4.78, 5) is 47.9. The van der Waals surface area contributed by atoms with E-state index < -0.39 is 30.3 Å². The molecular weight excluding hydrogens is 624 g/mol. The van der Waals surface area contributed by atoms with Gasteiger partial charge in [0.25, 0.3) is 5.91 Å². The molecule has 4 fully saturated rings. The van der Waals surface area contributed by atoms with E-state index in [-0.39, 0.29) is 36.4 Å². The Morgan fingerprint density at radius 3 is 2.45 bits per heavy atom. The predicted octanol–water partition coefficient (Wildman–Crippen LogP) is 3.78. The standard InChI is InChI=1S/C37H54N6O6/c1-20-28-16-25(37(28,3)4)17-29(20)41-35(45)32-31(21(2)48-36(46)40-6)30(18-38)49-43(32)19-22-11-10-12-27(33(22)47-9)23-13-24(34(44)39-5)15-26(14-23)42(7)8/h10-15,20-21,25,28-32H,16-19,38H2,1-9H3,(H,39,44)(H,40,46)(H,41,45)/t20-,21-,25+,28-,29-,30-,31+,32-/m0/s1. The van der Waals surface area contributed by atoms with Gasteiger partial charge >= 0.3 is 6.09 Å². The van der Waals surface area contributed by atoms with Crippen LogP contribution in [0.4, 0.5) is 10.5 Å². The molecule has 1 heterocycles. The number of nitrogens with one attached hydrogen (secondary N) is 3. The third-order valence-corrected chi connectivity index (χ3v) is 11.5. The monoisotopic (exact) mass is 678 g/mol. The third kappa shape index (κ3) is 6.95. The lowest BCUT2D eigenvalue weighted by Crippen LogP contribution is -2.62.